The molecule has 0 fully saturated rings. The van der Waals surface area contributed by atoms with Gasteiger partial charge in [0, 0.05) is 11.1 Å². The minimum absolute atomic E-state index is 0.253. The Morgan fingerprint density at radius 1 is 1.05 bits per heavy atom. The van der Waals surface area contributed by atoms with Crippen molar-refractivity contribution in [3.63, 3.8) is 0 Å². The fraction of sp³-hybridized carbons (Fsp3) is 0.235. The van der Waals surface area contributed by atoms with Crippen LogP contribution in [0.3, 0.4) is 0 Å². The number of carbonyl (C=O) groups excluding carboxylic acids is 1. The average Bonchev–Trinajstić information content (AvgIpc) is 2.96. The van der Waals surface area contributed by atoms with E-state index in [0.717, 1.165) is 22.3 Å². The summed E-state index contributed by atoms with van der Waals surface area (Å²) in [6, 6.07) is 5.94. The molecule has 0 bridgehead atoms. The SMILES string of the molecule is Cc1cc(C)cc(C2=NC(=Cc3c(C)noc3C)C(=O)O2)c1. The van der Waals surface area contributed by atoms with E-state index >= 15 is 0 Å². The number of benzene rings is 1. The molecule has 2 aromatic rings. The summed E-state index contributed by atoms with van der Waals surface area (Å²) in [5.74, 6) is 0.511. The summed E-state index contributed by atoms with van der Waals surface area (Å²) < 4.78 is 10.4. The van der Waals surface area contributed by atoms with Gasteiger partial charge < -0.3 is 9.26 Å². The maximum absolute atomic E-state index is 12.0. The molecule has 0 aliphatic carbocycles. The lowest BCUT2D eigenvalue weighted by Gasteiger charge is -2.03. The van der Waals surface area contributed by atoms with Crippen LogP contribution in [0.2, 0.25) is 0 Å². The summed E-state index contributed by atoms with van der Waals surface area (Å²) in [6.07, 6.45) is 1.65. The highest BCUT2D eigenvalue weighted by atomic mass is 16.6. The second-order valence-electron chi connectivity index (χ2n) is 5.45. The van der Waals surface area contributed by atoms with Gasteiger partial charge in [-0.15, -0.1) is 0 Å². The third-order valence-corrected chi connectivity index (χ3v) is 3.46. The molecule has 5 nitrogen and oxygen atoms in total. The van der Waals surface area contributed by atoms with Gasteiger partial charge in [0.1, 0.15) is 5.76 Å². The van der Waals surface area contributed by atoms with Crippen molar-refractivity contribution in [1.82, 2.24) is 5.16 Å². The zero-order chi connectivity index (χ0) is 15.9. The number of esters is 1. The summed E-state index contributed by atoms with van der Waals surface area (Å²) in [5, 5.41) is 3.86. The molecule has 5 heteroatoms. The molecule has 112 valence electrons. The summed E-state index contributed by atoms with van der Waals surface area (Å²) >= 11 is 0. The van der Waals surface area contributed by atoms with E-state index in [1.54, 1.807) is 13.0 Å². The molecule has 0 unspecified atom stereocenters. The third-order valence-electron chi connectivity index (χ3n) is 3.46. The largest absolute Gasteiger partial charge is 0.402 e. The molecule has 1 aliphatic heterocycles. The molecular weight excluding hydrogens is 280 g/mol. The Morgan fingerprint density at radius 2 is 1.73 bits per heavy atom. The second-order valence-corrected chi connectivity index (χ2v) is 5.45. The van der Waals surface area contributed by atoms with Crippen LogP contribution >= 0.6 is 0 Å². The highest BCUT2D eigenvalue weighted by Gasteiger charge is 2.25. The van der Waals surface area contributed by atoms with E-state index in [2.05, 4.69) is 16.2 Å². The Bertz CT molecular complexity index is 789. The first-order chi connectivity index (χ1) is 10.4. The van der Waals surface area contributed by atoms with E-state index in [-0.39, 0.29) is 5.70 Å². The third kappa shape index (κ3) is 2.57. The van der Waals surface area contributed by atoms with Crippen LogP contribution in [-0.2, 0) is 9.53 Å². The average molecular weight is 296 g/mol. The molecule has 0 saturated heterocycles. The molecule has 3 rings (SSSR count). The van der Waals surface area contributed by atoms with Crippen molar-refractivity contribution >= 4 is 17.9 Å². The Labute approximate surface area is 128 Å². The number of carbonyl (C=O) groups is 1. The van der Waals surface area contributed by atoms with E-state index in [1.807, 2.05) is 32.9 Å². The monoisotopic (exact) mass is 296 g/mol. The molecular formula is C17H16N2O3. The standard InChI is InChI=1S/C17H16N2O3/c1-9-5-10(2)7-13(6-9)16-18-15(17(20)21-16)8-14-11(3)19-22-12(14)4/h5-8H,1-4H3. The molecule has 0 N–H and O–H groups in total. The first-order valence-electron chi connectivity index (χ1n) is 6.98. The molecule has 1 aliphatic rings. The van der Waals surface area contributed by atoms with Crippen molar-refractivity contribution in [3.8, 4) is 0 Å². The van der Waals surface area contributed by atoms with Gasteiger partial charge in [0.15, 0.2) is 5.70 Å². The molecule has 22 heavy (non-hydrogen) atoms. The van der Waals surface area contributed by atoms with Crippen molar-refractivity contribution in [2.24, 2.45) is 4.99 Å². The van der Waals surface area contributed by atoms with E-state index in [0.29, 0.717) is 17.4 Å². The quantitative estimate of drug-likeness (QED) is 0.630. The maximum Gasteiger partial charge on any atom is 0.363 e. The van der Waals surface area contributed by atoms with Gasteiger partial charge in [-0.2, -0.15) is 0 Å². The van der Waals surface area contributed by atoms with Gasteiger partial charge in [-0.25, -0.2) is 9.79 Å². The van der Waals surface area contributed by atoms with Gasteiger partial charge in [0.25, 0.3) is 0 Å². The smallest absolute Gasteiger partial charge is 0.363 e. The van der Waals surface area contributed by atoms with Crippen LogP contribution in [0.1, 0.15) is 33.7 Å². The molecule has 2 heterocycles. The zero-order valence-corrected chi connectivity index (χ0v) is 12.9. The number of aryl methyl sites for hydroxylation is 4. The highest BCUT2D eigenvalue weighted by molar-refractivity contribution is 6.13. The van der Waals surface area contributed by atoms with Gasteiger partial charge in [-0.1, -0.05) is 22.3 Å². The molecule has 0 radical (unpaired) electrons. The summed E-state index contributed by atoms with van der Waals surface area (Å²) in [6.45, 7) is 7.60. The molecule has 0 amide bonds. The maximum atomic E-state index is 12.0. The molecule has 1 aromatic heterocycles. The van der Waals surface area contributed by atoms with E-state index in [4.69, 9.17) is 9.26 Å². The highest BCUT2D eigenvalue weighted by Crippen LogP contribution is 2.23. The normalized spacial score (nSPS) is 16.1. The predicted octanol–water partition coefficient (Wildman–Crippen LogP) is 3.25. The van der Waals surface area contributed by atoms with E-state index in [1.165, 1.54) is 0 Å². The number of rotatable bonds is 2. The molecule has 1 aromatic carbocycles. The first-order valence-corrected chi connectivity index (χ1v) is 6.98. The summed E-state index contributed by atoms with van der Waals surface area (Å²) in [4.78, 5) is 16.3. The first kappa shape index (κ1) is 14.3. The number of cyclic esters (lactones) is 1. The molecule has 0 atom stereocenters. The van der Waals surface area contributed by atoms with Crippen LogP contribution in [0.15, 0.2) is 33.4 Å². The van der Waals surface area contributed by atoms with E-state index < -0.39 is 5.97 Å². The number of aliphatic imine (C=N–C) groups is 1. The minimum Gasteiger partial charge on any atom is -0.402 e. The lowest BCUT2D eigenvalue weighted by atomic mass is 10.1. The van der Waals surface area contributed by atoms with Crippen LogP contribution in [0.25, 0.3) is 6.08 Å². The Morgan fingerprint density at radius 3 is 2.32 bits per heavy atom. The number of nitrogens with zero attached hydrogens (tertiary/aromatic N) is 2. The molecule has 0 spiro atoms. The fourth-order valence-corrected chi connectivity index (χ4v) is 2.46. The van der Waals surface area contributed by atoms with Crippen molar-refractivity contribution in [3.05, 3.63) is 57.6 Å². The Hall–Kier alpha value is -2.69. The molecule has 0 saturated carbocycles. The van der Waals surface area contributed by atoms with Crippen LogP contribution in [0, 0.1) is 27.7 Å². The van der Waals surface area contributed by atoms with Crippen LogP contribution in [0.5, 0.6) is 0 Å². The van der Waals surface area contributed by atoms with Crippen LogP contribution in [0.4, 0.5) is 0 Å². The summed E-state index contributed by atoms with van der Waals surface area (Å²) in [7, 11) is 0. The van der Waals surface area contributed by atoms with Crippen molar-refractivity contribution in [1.29, 1.82) is 0 Å². The number of hydrogen-bond acceptors (Lipinski definition) is 5. The van der Waals surface area contributed by atoms with Gasteiger partial charge in [-0.3, -0.25) is 0 Å². The van der Waals surface area contributed by atoms with Crippen molar-refractivity contribution in [2.45, 2.75) is 27.7 Å². The zero-order valence-electron chi connectivity index (χ0n) is 12.9. The summed E-state index contributed by atoms with van der Waals surface area (Å²) in [5.41, 5.74) is 4.72. The predicted molar refractivity (Wildman–Crippen MR) is 82.5 cm³/mol. The van der Waals surface area contributed by atoms with E-state index in [9.17, 15) is 4.79 Å². The van der Waals surface area contributed by atoms with Gasteiger partial charge >= 0.3 is 5.97 Å². The van der Waals surface area contributed by atoms with Gasteiger partial charge in [-0.05, 0) is 45.9 Å². The van der Waals surface area contributed by atoms with Gasteiger partial charge in [0.2, 0.25) is 5.90 Å². The van der Waals surface area contributed by atoms with Crippen LogP contribution < -0.4 is 0 Å². The minimum atomic E-state index is -0.464. The number of ether oxygens (including phenoxy) is 1. The topological polar surface area (TPSA) is 64.7 Å². The van der Waals surface area contributed by atoms with Crippen molar-refractivity contribution in [2.75, 3.05) is 0 Å². The van der Waals surface area contributed by atoms with Crippen molar-refractivity contribution < 1.29 is 14.1 Å². The second kappa shape index (κ2) is 5.26. The lowest BCUT2D eigenvalue weighted by Crippen LogP contribution is -2.06. The Balaban J connectivity index is 2.01. The van der Waals surface area contributed by atoms with Gasteiger partial charge in [0.05, 0.1) is 5.69 Å². The number of hydrogen-bond donors (Lipinski definition) is 0. The Kier molecular flexibility index (Phi) is 3.41. The lowest BCUT2D eigenvalue weighted by molar-refractivity contribution is -0.129. The fourth-order valence-electron chi connectivity index (χ4n) is 2.46. The van der Waals surface area contributed by atoms with Crippen LogP contribution in [-0.4, -0.2) is 17.0 Å². The number of aromatic nitrogens is 1.